The summed E-state index contributed by atoms with van der Waals surface area (Å²) in [7, 11) is 0. The average molecular weight is 874 g/mol. The minimum Gasteiger partial charge on any atom is -0.311 e. The van der Waals surface area contributed by atoms with Gasteiger partial charge in [-0.3, -0.25) is 0 Å². The van der Waals surface area contributed by atoms with E-state index in [2.05, 4.69) is 217 Å². The molecule has 0 unspecified atom stereocenters. The standard InChI is InChI=1S/C58H35NS4/c1-2-12-40(13-3-1)59(41-28-22-36(23-29-41)55-45-16-6-10-20-51(45)62-57(55)38-26-32-53-47(34-38)43-14-4-8-18-49(43)60-53)42-30-24-37(25-31-42)56-46-17-7-11-21-52(46)63-58(56)39-27-33-54-48(35-39)44-15-5-9-19-50(44)61-54/h1-35H. The monoisotopic (exact) mass is 873 g/mol. The number of fused-ring (bicyclic) bond motifs is 8. The second-order valence-corrected chi connectivity index (χ2v) is 20.3. The van der Waals surface area contributed by atoms with E-state index in [4.69, 9.17) is 0 Å². The van der Waals surface area contributed by atoms with Gasteiger partial charge in [-0.2, -0.15) is 0 Å². The van der Waals surface area contributed by atoms with Crippen LogP contribution in [0.3, 0.4) is 0 Å². The highest BCUT2D eigenvalue weighted by atomic mass is 32.1. The van der Waals surface area contributed by atoms with Gasteiger partial charge >= 0.3 is 0 Å². The molecule has 0 aliphatic rings. The van der Waals surface area contributed by atoms with Crippen LogP contribution in [-0.4, -0.2) is 0 Å². The molecule has 0 spiro atoms. The second-order valence-electron chi connectivity index (χ2n) is 16.0. The van der Waals surface area contributed by atoms with Crippen LogP contribution in [-0.2, 0) is 0 Å². The topological polar surface area (TPSA) is 3.24 Å². The number of thiophene rings is 4. The summed E-state index contributed by atoms with van der Waals surface area (Å²) >= 11 is 7.52. The van der Waals surface area contributed by atoms with E-state index in [-0.39, 0.29) is 0 Å². The van der Waals surface area contributed by atoms with Gasteiger partial charge in [-0.25, -0.2) is 0 Å². The first-order chi connectivity index (χ1) is 31.2. The lowest BCUT2D eigenvalue weighted by molar-refractivity contribution is 1.28. The molecule has 0 saturated carbocycles. The summed E-state index contributed by atoms with van der Waals surface area (Å²) in [6, 6.07) is 78.4. The van der Waals surface area contributed by atoms with Gasteiger partial charge in [0.25, 0.3) is 0 Å². The lowest BCUT2D eigenvalue weighted by Crippen LogP contribution is -2.09. The van der Waals surface area contributed by atoms with Crippen molar-refractivity contribution in [2.45, 2.75) is 0 Å². The van der Waals surface area contributed by atoms with Crippen LogP contribution in [0.1, 0.15) is 0 Å². The Labute approximate surface area is 380 Å². The van der Waals surface area contributed by atoms with Crippen molar-refractivity contribution in [3.05, 3.63) is 212 Å². The fourth-order valence-corrected chi connectivity index (χ4v) is 14.0. The number of benzene rings is 9. The van der Waals surface area contributed by atoms with Crippen molar-refractivity contribution in [2.24, 2.45) is 0 Å². The number of rotatable bonds is 7. The quantitative estimate of drug-likeness (QED) is 0.154. The number of nitrogens with zero attached hydrogens (tertiary/aromatic N) is 1. The Morgan fingerprint density at radius 3 is 1.02 bits per heavy atom. The molecule has 1 nitrogen and oxygen atoms in total. The Morgan fingerprint density at radius 2 is 0.571 bits per heavy atom. The van der Waals surface area contributed by atoms with Gasteiger partial charge in [0, 0.05) is 98.5 Å². The maximum atomic E-state index is 2.41. The minimum absolute atomic E-state index is 1.11. The van der Waals surface area contributed by atoms with E-state index in [1.807, 2.05) is 45.3 Å². The predicted octanol–water partition coefficient (Wildman–Crippen LogP) is 19.0. The molecule has 0 aliphatic carbocycles. The van der Waals surface area contributed by atoms with Crippen LogP contribution in [0.15, 0.2) is 212 Å². The molecule has 0 radical (unpaired) electrons. The van der Waals surface area contributed by atoms with Gasteiger partial charge in [-0.05, 0) is 107 Å². The molecular formula is C58H35NS4. The zero-order valence-electron chi connectivity index (χ0n) is 33.8. The van der Waals surface area contributed by atoms with E-state index in [0.717, 1.165) is 17.1 Å². The van der Waals surface area contributed by atoms with Gasteiger partial charge in [0.2, 0.25) is 0 Å². The molecule has 0 bridgehead atoms. The fourth-order valence-electron chi connectivity index (χ4n) is 9.38. The third-order valence-corrected chi connectivity index (χ3v) is 17.1. The zero-order valence-corrected chi connectivity index (χ0v) is 37.1. The first-order valence-electron chi connectivity index (χ1n) is 21.1. The van der Waals surface area contributed by atoms with E-state index < -0.39 is 0 Å². The number of anilines is 3. The van der Waals surface area contributed by atoms with Crippen LogP contribution in [0.2, 0.25) is 0 Å². The minimum atomic E-state index is 1.11. The van der Waals surface area contributed by atoms with Crippen molar-refractivity contribution >= 4 is 123 Å². The summed E-state index contributed by atoms with van der Waals surface area (Å²) in [6.45, 7) is 0. The van der Waals surface area contributed by atoms with Crippen molar-refractivity contribution in [1.82, 2.24) is 0 Å². The van der Waals surface area contributed by atoms with E-state index >= 15 is 0 Å². The lowest BCUT2D eigenvalue weighted by atomic mass is 9.97. The molecule has 0 N–H and O–H groups in total. The van der Waals surface area contributed by atoms with Gasteiger partial charge in [-0.1, -0.05) is 127 Å². The van der Waals surface area contributed by atoms with Gasteiger partial charge in [0.15, 0.2) is 0 Å². The Morgan fingerprint density at radius 1 is 0.238 bits per heavy atom. The van der Waals surface area contributed by atoms with Crippen molar-refractivity contribution in [3.8, 4) is 43.1 Å². The number of hydrogen-bond acceptors (Lipinski definition) is 5. The molecule has 0 amide bonds. The van der Waals surface area contributed by atoms with E-state index in [1.165, 1.54) is 104 Å². The molecular weight excluding hydrogens is 839 g/mol. The predicted molar refractivity (Wildman–Crippen MR) is 279 cm³/mol. The molecule has 9 aromatic carbocycles. The third kappa shape index (κ3) is 6.15. The Balaban J connectivity index is 0.899. The lowest BCUT2D eigenvalue weighted by Gasteiger charge is -2.26. The van der Waals surface area contributed by atoms with Crippen LogP contribution in [0.25, 0.3) is 104 Å². The normalized spacial score (nSPS) is 11.8. The largest absolute Gasteiger partial charge is 0.311 e. The Bertz CT molecular complexity index is 3610. The maximum Gasteiger partial charge on any atom is 0.0462 e. The molecule has 63 heavy (non-hydrogen) atoms. The molecule has 13 aromatic rings. The number of para-hydroxylation sites is 1. The number of hydrogen-bond donors (Lipinski definition) is 0. The summed E-state index contributed by atoms with van der Waals surface area (Å²) in [4.78, 5) is 4.99. The molecule has 0 aliphatic heterocycles. The van der Waals surface area contributed by atoms with Crippen LogP contribution in [0.5, 0.6) is 0 Å². The Kier molecular flexibility index (Phi) is 8.70. The van der Waals surface area contributed by atoms with Crippen LogP contribution < -0.4 is 4.90 Å². The summed E-state index contributed by atoms with van der Waals surface area (Å²) in [5, 5.41) is 7.89. The first kappa shape index (κ1) is 36.8. The smallest absolute Gasteiger partial charge is 0.0462 e. The fraction of sp³-hybridized carbons (Fsp3) is 0. The first-order valence-corrected chi connectivity index (χ1v) is 24.4. The second kappa shape index (κ2) is 14.9. The van der Waals surface area contributed by atoms with Gasteiger partial charge in [0.1, 0.15) is 0 Å². The summed E-state index contributed by atoms with van der Waals surface area (Å²) in [6.07, 6.45) is 0. The summed E-state index contributed by atoms with van der Waals surface area (Å²) in [5.41, 5.74) is 10.9. The van der Waals surface area contributed by atoms with E-state index in [1.54, 1.807) is 0 Å². The van der Waals surface area contributed by atoms with Gasteiger partial charge in [0.05, 0.1) is 0 Å². The third-order valence-electron chi connectivity index (χ3n) is 12.3. The van der Waals surface area contributed by atoms with Crippen LogP contribution >= 0.6 is 45.3 Å². The molecule has 0 atom stereocenters. The zero-order chi connectivity index (χ0) is 41.4. The average Bonchev–Trinajstić information content (AvgIpc) is 4.12. The van der Waals surface area contributed by atoms with E-state index in [0.29, 0.717) is 0 Å². The molecule has 4 heterocycles. The molecule has 0 saturated heterocycles. The summed E-state index contributed by atoms with van der Waals surface area (Å²) < 4.78 is 7.93. The van der Waals surface area contributed by atoms with Crippen molar-refractivity contribution in [1.29, 1.82) is 0 Å². The Hall–Kier alpha value is -6.86. The van der Waals surface area contributed by atoms with Gasteiger partial charge in [-0.15, -0.1) is 45.3 Å². The van der Waals surface area contributed by atoms with Crippen molar-refractivity contribution in [3.63, 3.8) is 0 Å². The molecule has 0 fully saturated rings. The maximum absolute atomic E-state index is 2.41. The summed E-state index contributed by atoms with van der Waals surface area (Å²) in [5.74, 6) is 0. The molecule has 296 valence electrons. The van der Waals surface area contributed by atoms with Gasteiger partial charge < -0.3 is 4.90 Å². The van der Waals surface area contributed by atoms with Crippen molar-refractivity contribution in [2.75, 3.05) is 4.90 Å². The highest BCUT2D eigenvalue weighted by Crippen LogP contribution is 2.49. The molecule has 5 heteroatoms. The highest BCUT2D eigenvalue weighted by molar-refractivity contribution is 7.26. The SMILES string of the molecule is c1ccc(N(c2ccc(-c3c(-c4ccc5sc6ccccc6c5c4)sc4ccccc34)cc2)c2ccc(-c3c(-c4ccc5sc6ccccc6c5c4)sc4ccccc34)cc2)cc1. The molecule has 4 aromatic heterocycles. The van der Waals surface area contributed by atoms with Crippen LogP contribution in [0.4, 0.5) is 17.1 Å². The molecule has 13 rings (SSSR count). The van der Waals surface area contributed by atoms with E-state index in [9.17, 15) is 0 Å². The van der Waals surface area contributed by atoms with Crippen LogP contribution in [0, 0.1) is 0 Å². The van der Waals surface area contributed by atoms with Crippen molar-refractivity contribution < 1.29 is 0 Å². The highest BCUT2D eigenvalue weighted by Gasteiger charge is 2.21.